The molecule has 0 unspecified atom stereocenters. The monoisotopic (exact) mass is 313 g/mol. The number of rotatable bonds is 5. The van der Waals surface area contributed by atoms with E-state index in [1.165, 1.54) is 5.56 Å². The van der Waals surface area contributed by atoms with E-state index in [0.717, 1.165) is 44.5 Å². The highest BCUT2D eigenvalue weighted by molar-refractivity contribution is 5.76. The Balaban J connectivity index is 1.41. The van der Waals surface area contributed by atoms with Gasteiger partial charge in [0, 0.05) is 31.5 Å². The Bertz CT molecular complexity index is 631. The summed E-state index contributed by atoms with van der Waals surface area (Å²) in [4.78, 5) is 14.3. The summed E-state index contributed by atoms with van der Waals surface area (Å²) in [7, 11) is 0. The molecule has 2 aromatic rings. The number of amides is 1. The highest BCUT2D eigenvalue weighted by atomic mass is 16.5. The van der Waals surface area contributed by atoms with Gasteiger partial charge in [-0.15, -0.1) is 0 Å². The van der Waals surface area contributed by atoms with Crippen molar-refractivity contribution in [3.63, 3.8) is 0 Å². The molecule has 0 saturated carbocycles. The molecular weight excluding hydrogens is 290 g/mol. The average molecular weight is 313 g/mol. The predicted octanol–water partition coefficient (Wildman–Crippen LogP) is 2.99. The van der Waals surface area contributed by atoms with Crippen molar-refractivity contribution >= 4 is 11.8 Å². The Hall–Kier alpha value is -2.30. The lowest BCUT2D eigenvalue weighted by atomic mass is 9.93. The molecule has 23 heavy (non-hydrogen) atoms. The van der Waals surface area contributed by atoms with E-state index in [1.807, 2.05) is 23.1 Å². The van der Waals surface area contributed by atoms with E-state index in [-0.39, 0.29) is 5.91 Å². The third kappa shape index (κ3) is 4.12. The van der Waals surface area contributed by atoms with Crippen LogP contribution in [-0.4, -0.2) is 29.1 Å². The molecule has 0 spiro atoms. The van der Waals surface area contributed by atoms with Crippen LogP contribution in [0, 0.1) is 0 Å². The van der Waals surface area contributed by atoms with Crippen LogP contribution in [0.4, 0.5) is 5.88 Å². The zero-order valence-electron chi connectivity index (χ0n) is 13.3. The second kappa shape index (κ2) is 7.31. The second-order valence-electron chi connectivity index (χ2n) is 6.15. The van der Waals surface area contributed by atoms with Gasteiger partial charge in [0.05, 0.1) is 5.69 Å². The highest BCUT2D eigenvalue weighted by Gasteiger charge is 2.25. The number of hydrogen-bond acceptors (Lipinski definition) is 4. The maximum Gasteiger partial charge on any atom is 0.222 e. The van der Waals surface area contributed by atoms with Crippen molar-refractivity contribution in [2.24, 2.45) is 0 Å². The van der Waals surface area contributed by atoms with Crippen molar-refractivity contribution in [3.05, 3.63) is 47.7 Å². The van der Waals surface area contributed by atoms with E-state index >= 15 is 0 Å². The van der Waals surface area contributed by atoms with E-state index < -0.39 is 0 Å². The molecular formula is C18H23N3O2. The molecule has 1 aromatic heterocycles. The van der Waals surface area contributed by atoms with Gasteiger partial charge in [0.1, 0.15) is 0 Å². The lowest BCUT2D eigenvalue weighted by molar-refractivity contribution is -0.132. The van der Waals surface area contributed by atoms with E-state index in [4.69, 9.17) is 10.3 Å². The van der Waals surface area contributed by atoms with Crippen LogP contribution in [0.25, 0.3) is 0 Å². The zero-order chi connectivity index (χ0) is 16.1. The summed E-state index contributed by atoms with van der Waals surface area (Å²) in [5.41, 5.74) is 7.78. The summed E-state index contributed by atoms with van der Waals surface area (Å²) in [5.74, 6) is 0.975. The fraction of sp³-hybridized carbons (Fsp3) is 0.444. The van der Waals surface area contributed by atoms with Crippen molar-refractivity contribution in [3.8, 4) is 0 Å². The number of carbonyl (C=O) groups is 1. The topological polar surface area (TPSA) is 72.4 Å². The van der Waals surface area contributed by atoms with Crippen molar-refractivity contribution in [1.29, 1.82) is 0 Å². The summed E-state index contributed by atoms with van der Waals surface area (Å²) >= 11 is 0. The summed E-state index contributed by atoms with van der Waals surface area (Å²) in [6.45, 7) is 1.59. The number of piperidine rings is 1. The zero-order valence-corrected chi connectivity index (χ0v) is 13.3. The molecule has 5 nitrogen and oxygen atoms in total. The molecule has 1 amide bonds. The molecule has 5 heteroatoms. The van der Waals surface area contributed by atoms with E-state index in [1.54, 1.807) is 6.07 Å². The van der Waals surface area contributed by atoms with Crippen LogP contribution >= 0.6 is 0 Å². The van der Waals surface area contributed by atoms with Gasteiger partial charge in [-0.25, -0.2) is 0 Å². The van der Waals surface area contributed by atoms with Gasteiger partial charge < -0.3 is 15.2 Å². The van der Waals surface area contributed by atoms with Gasteiger partial charge in [0.2, 0.25) is 11.8 Å². The number of nitrogens with zero attached hydrogens (tertiary/aromatic N) is 2. The standard InChI is InChI=1S/C18H23N3O2/c19-17-13-16(20-23-17)15-9-11-21(12-10-15)18(22)8-4-7-14-5-2-1-3-6-14/h1-3,5-6,13,15H,4,7-12,19H2. The van der Waals surface area contributed by atoms with Gasteiger partial charge in [0.25, 0.3) is 0 Å². The number of benzene rings is 1. The van der Waals surface area contributed by atoms with Crippen LogP contribution in [0.5, 0.6) is 0 Å². The number of likely N-dealkylation sites (tertiary alicyclic amines) is 1. The molecule has 0 atom stereocenters. The Kier molecular flexibility index (Phi) is 4.95. The van der Waals surface area contributed by atoms with Gasteiger partial charge in [-0.3, -0.25) is 4.79 Å². The Morgan fingerprint density at radius 3 is 2.65 bits per heavy atom. The van der Waals surface area contributed by atoms with Crippen molar-refractivity contribution in [2.45, 2.75) is 38.0 Å². The predicted molar refractivity (Wildman–Crippen MR) is 88.9 cm³/mol. The van der Waals surface area contributed by atoms with Gasteiger partial charge in [-0.05, 0) is 31.2 Å². The second-order valence-corrected chi connectivity index (χ2v) is 6.15. The number of aromatic nitrogens is 1. The lowest BCUT2D eigenvalue weighted by Crippen LogP contribution is -2.37. The number of nitrogen functional groups attached to an aromatic ring is 1. The number of nitrogens with two attached hydrogens (primary N) is 1. The fourth-order valence-corrected chi connectivity index (χ4v) is 3.17. The van der Waals surface area contributed by atoms with E-state index in [2.05, 4.69) is 17.3 Å². The molecule has 0 aliphatic carbocycles. The first kappa shape index (κ1) is 15.6. The minimum absolute atomic E-state index is 0.263. The first-order valence-corrected chi connectivity index (χ1v) is 8.26. The third-order valence-corrected chi connectivity index (χ3v) is 4.51. The maximum atomic E-state index is 12.3. The Morgan fingerprint density at radius 1 is 1.26 bits per heavy atom. The summed E-state index contributed by atoms with van der Waals surface area (Å²) in [5, 5.41) is 3.99. The maximum absolute atomic E-state index is 12.3. The van der Waals surface area contributed by atoms with Crippen molar-refractivity contribution in [2.75, 3.05) is 18.8 Å². The first-order chi connectivity index (χ1) is 11.2. The molecule has 1 aliphatic heterocycles. The molecule has 1 saturated heterocycles. The van der Waals surface area contributed by atoms with Crippen molar-refractivity contribution in [1.82, 2.24) is 10.1 Å². The lowest BCUT2D eigenvalue weighted by Gasteiger charge is -2.31. The highest BCUT2D eigenvalue weighted by Crippen LogP contribution is 2.28. The van der Waals surface area contributed by atoms with Crippen LogP contribution in [0.3, 0.4) is 0 Å². The first-order valence-electron chi connectivity index (χ1n) is 8.26. The van der Waals surface area contributed by atoms with Gasteiger partial charge in [-0.2, -0.15) is 0 Å². The van der Waals surface area contributed by atoms with Crippen LogP contribution in [0.1, 0.15) is 42.9 Å². The number of anilines is 1. The molecule has 3 rings (SSSR count). The SMILES string of the molecule is Nc1cc(C2CCN(C(=O)CCCc3ccccc3)CC2)no1. The number of hydrogen-bond donors (Lipinski definition) is 1. The van der Waals surface area contributed by atoms with Gasteiger partial charge >= 0.3 is 0 Å². The molecule has 1 fully saturated rings. The smallest absolute Gasteiger partial charge is 0.222 e. The Morgan fingerprint density at radius 2 is 2.00 bits per heavy atom. The summed E-state index contributed by atoms with van der Waals surface area (Å²) in [6.07, 6.45) is 4.34. The average Bonchev–Trinajstić information content (AvgIpc) is 3.02. The largest absolute Gasteiger partial charge is 0.368 e. The quantitative estimate of drug-likeness (QED) is 0.921. The number of carbonyl (C=O) groups excluding carboxylic acids is 1. The minimum Gasteiger partial charge on any atom is -0.368 e. The number of aryl methyl sites for hydroxylation is 1. The molecule has 1 aliphatic rings. The molecule has 122 valence electrons. The van der Waals surface area contributed by atoms with Crippen LogP contribution in [-0.2, 0) is 11.2 Å². The van der Waals surface area contributed by atoms with Gasteiger partial charge in [-0.1, -0.05) is 35.5 Å². The van der Waals surface area contributed by atoms with Gasteiger partial charge in [0.15, 0.2) is 0 Å². The van der Waals surface area contributed by atoms with Crippen LogP contribution < -0.4 is 5.73 Å². The van der Waals surface area contributed by atoms with Crippen molar-refractivity contribution < 1.29 is 9.32 Å². The third-order valence-electron chi connectivity index (χ3n) is 4.51. The normalized spacial score (nSPS) is 15.7. The molecule has 0 bridgehead atoms. The fourth-order valence-electron chi connectivity index (χ4n) is 3.17. The Labute approximate surface area is 136 Å². The molecule has 1 aromatic carbocycles. The van der Waals surface area contributed by atoms with E-state index in [9.17, 15) is 4.79 Å². The molecule has 0 radical (unpaired) electrons. The summed E-state index contributed by atoms with van der Waals surface area (Å²) in [6, 6.07) is 12.1. The molecule has 2 N–H and O–H groups in total. The molecule has 2 heterocycles. The van der Waals surface area contributed by atoms with E-state index in [0.29, 0.717) is 18.2 Å². The van der Waals surface area contributed by atoms with Crippen LogP contribution in [0.15, 0.2) is 40.9 Å². The minimum atomic E-state index is 0.263. The summed E-state index contributed by atoms with van der Waals surface area (Å²) < 4.78 is 4.93. The van der Waals surface area contributed by atoms with Crippen LogP contribution in [0.2, 0.25) is 0 Å².